The molecule has 0 atom stereocenters. The Labute approximate surface area is 264 Å². The first-order chi connectivity index (χ1) is 21.4. The van der Waals surface area contributed by atoms with Crippen LogP contribution in [0, 0.1) is 11.8 Å². The average molecular weight is 645 g/mol. The zero-order valence-electron chi connectivity index (χ0n) is 26.3. The number of fused-ring (bicyclic) bond motifs is 1. The molecule has 1 aliphatic carbocycles. The second-order valence-electron chi connectivity index (χ2n) is 12.3. The maximum atomic E-state index is 13.7. The van der Waals surface area contributed by atoms with Crippen molar-refractivity contribution in [3.05, 3.63) is 48.2 Å². The first-order valence-corrected chi connectivity index (χ1v) is 17.6. The Kier molecular flexibility index (Phi) is 9.94. The molecule has 1 saturated carbocycles. The zero-order valence-corrected chi connectivity index (χ0v) is 27.1. The molecule has 11 heteroatoms. The number of halogens is 3. The average Bonchev–Trinajstić information content (AvgIpc) is 3.36. The number of ether oxygens (including phenoxy) is 1. The van der Waals surface area contributed by atoms with Crippen molar-refractivity contribution in [3.8, 4) is 17.6 Å². The molecule has 1 aromatic heterocycles. The van der Waals surface area contributed by atoms with Crippen molar-refractivity contribution in [2.75, 3.05) is 43.6 Å². The minimum absolute atomic E-state index is 0.117. The molecule has 1 saturated heterocycles. The van der Waals surface area contributed by atoms with Crippen LogP contribution in [0.1, 0.15) is 64.0 Å². The minimum atomic E-state index is -4.42. The van der Waals surface area contributed by atoms with Gasteiger partial charge in [-0.1, -0.05) is 25.3 Å². The number of piperidine rings is 1. The summed E-state index contributed by atoms with van der Waals surface area (Å²) in [6.45, 7) is 3.64. The molecule has 0 bridgehead atoms. The maximum absolute atomic E-state index is 13.7. The summed E-state index contributed by atoms with van der Waals surface area (Å²) in [6, 6.07) is 11.9. The highest BCUT2D eigenvalue weighted by Crippen LogP contribution is 2.40. The van der Waals surface area contributed by atoms with Crippen LogP contribution in [-0.4, -0.2) is 68.6 Å². The quantitative estimate of drug-likeness (QED) is 0.243. The van der Waals surface area contributed by atoms with Crippen LogP contribution in [0.2, 0.25) is 0 Å². The Morgan fingerprint density at radius 1 is 1.04 bits per heavy atom. The Hall–Kier alpha value is -3.36. The third-order valence-corrected chi connectivity index (χ3v) is 10.5. The number of benzene rings is 2. The molecule has 2 aliphatic rings. The second-order valence-corrected chi connectivity index (χ2v) is 14.3. The van der Waals surface area contributed by atoms with Gasteiger partial charge in [0.15, 0.2) is 9.84 Å². The van der Waals surface area contributed by atoms with E-state index in [0.717, 1.165) is 49.4 Å². The van der Waals surface area contributed by atoms with Crippen LogP contribution in [0.3, 0.4) is 0 Å². The van der Waals surface area contributed by atoms with E-state index in [1.807, 2.05) is 6.07 Å². The Morgan fingerprint density at radius 3 is 2.42 bits per heavy atom. The van der Waals surface area contributed by atoms with Gasteiger partial charge >= 0.3 is 6.18 Å². The predicted molar refractivity (Wildman–Crippen MR) is 174 cm³/mol. The Morgan fingerprint density at radius 2 is 1.78 bits per heavy atom. The fourth-order valence-electron chi connectivity index (χ4n) is 6.97. The smallest absolute Gasteiger partial charge is 0.406 e. The van der Waals surface area contributed by atoms with Crippen molar-refractivity contribution in [2.45, 2.75) is 87.5 Å². The van der Waals surface area contributed by atoms with Crippen LogP contribution in [-0.2, 0) is 16.4 Å². The van der Waals surface area contributed by atoms with E-state index < -0.39 is 22.6 Å². The Bertz CT molecular complexity index is 1660. The van der Waals surface area contributed by atoms with E-state index in [-0.39, 0.29) is 28.7 Å². The van der Waals surface area contributed by atoms with E-state index in [1.165, 1.54) is 56.2 Å². The molecule has 1 aliphatic heterocycles. The second kappa shape index (κ2) is 13.6. The lowest BCUT2D eigenvalue weighted by atomic mass is 9.75. The molecule has 2 aromatic carbocycles. The van der Waals surface area contributed by atoms with Crippen molar-refractivity contribution in [1.82, 2.24) is 9.47 Å². The van der Waals surface area contributed by atoms with E-state index >= 15 is 0 Å². The predicted octanol–water partition coefficient (Wildman–Crippen LogP) is 7.07. The van der Waals surface area contributed by atoms with Gasteiger partial charge in [-0.15, -0.1) is 0 Å². The monoisotopic (exact) mass is 644 g/mol. The van der Waals surface area contributed by atoms with Crippen molar-refractivity contribution in [2.24, 2.45) is 0 Å². The zero-order chi connectivity index (χ0) is 32.2. The molecular weight excluding hydrogens is 601 g/mol. The number of nitrogens with zero attached hydrogens (tertiary/aromatic N) is 2. The molecular formula is C34H43F3N4O3S. The summed E-state index contributed by atoms with van der Waals surface area (Å²) in [5.41, 5.74) is 2.38. The summed E-state index contributed by atoms with van der Waals surface area (Å²) in [5, 5.41) is 7.48. The summed E-state index contributed by atoms with van der Waals surface area (Å²) in [4.78, 5) is 2.84. The number of hydrogen-bond acceptors (Lipinski definition) is 6. The first-order valence-electron chi connectivity index (χ1n) is 15.7. The van der Waals surface area contributed by atoms with Crippen molar-refractivity contribution in [3.63, 3.8) is 0 Å². The minimum Gasteiger partial charge on any atom is -0.495 e. The molecule has 0 spiro atoms. The van der Waals surface area contributed by atoms with Gasteiger partial charge < -0.3 is 19.9 Å². The molecule has 45 heavy (non-hydrogen) atoms. The number of methoxy groups -OCH3 is 1. The number of aromatic nitrogens is 1. The van der Waals surface area contributed by atoms with Gasteiger partial charge in [0.05, 0.1) is 35.4 Å². The van der Waals surface area contributed by atoms with Crippen molar-refractivity contribution >= 4 is 32.1 Å². The molecule has 0 unspecified atom stereocenters. The third-order valence-electron chi connectivity index (χ3n) is 9.43. The van der Waals surface area contributed by atoms with Gasteiger partial charge in [0.2, 0.25) is 0 Å². The van der Waals surface area contributed by atoms with Crippen molar-refractivity contribution in [1.29, 1.82) is 0 Å². The van der Waals surface area contributed by atoms with E-state index in [9.17, 15) is 21.6 Å². The number of hydrogen-bond donors (Lipinski definition) is 2. The molecule has 0 amide bonds. The molecule has 3 aromatic rings. The standard InChI is InChI=1S/C34H43F3N4O3S/c1-4-33(40-20-6-5-7-21-40)17-15-25(16-18-33)39-29-11-8-12-31-28(29)22-26(41(31)24-34(35,36)37)10-9-19-38-30-14-13-27(45(3,42)43)23-32(30)44-2/h8,11-14,22-23,25,38-39H,4-7,15-21,24H2,1-3H3/t25-,33-. The summed E-state index contributed by atoms with van der Waals surface area (Å²) in [6.07, 6.45) is 6.00. The summed E-state index contributed by atoms with van der Waals surface area (Å²) in [7, 11) is -1.98. The molecule has 2 fully saturated rings. The van der Waals surface area contributed by atoms with E-state index in [0.29, 0.717) is 17.0 Å². The summed E-state index contributed by atoms with van der Waals surface area (Å²) in [5.74, 6) is 6.20. The van der Waals surface area contributed by atoms with Crippen LogP contribution in [0.25, 0.3) is 10.9 Å². The van der Waals surface area contributed by atoms with Crippen LogP contribution in [0.5, 0.6) is 5.75 Å². The van der Waals surface area contributed by atoms with E-state index in [1.54, 1.807) is 24.3 Å². The van der Waals surface area contributed by atoms with E-state index in [4.69, 9.17) is 4.74 Å². The van der Waals surface area contributed by atoms with Crippen molar-refractivity contribution < 1.29 is 26.3 Å². The van der Waals surface area contributed by atoms with Crippen LogP contribution in [0.15, 0.2) is 47.4 Å². The van der Waals surface area contributed by atoms with Crippen LogP contribution < -0.4 is 15.4 Å². The number of alkyl halides is 3. The fraction of sp³-hybridized carbons (Fsp3) is 0.529. The lowest BCUT2D eigenvalue weighted by Gasteiger charge is -2.49. The number of anilines is 2. The Balaban J connectivity index is 1.34. The number of nitrogens with one attached hydrogen (secondary N) is 2. The van der Waals surface area contributed by atoms with Gasteiger partial charge in [-0.05, 0) is 94.3 Å². The van der Waals surface area contributed by atoms with Gasteiger partial charge in [-0.2, -0.15) is 13.2 Å². The van der Waals surface area contributed by atoms with Gasteiger partial charge in [0.1, 0.15) is 12.3 Å². The normalized spacial score (nSPS) is 21.2. The third kappa shape index (κ3) is 7.72. The van der Waals surface area contributed by atoms with Crippen LogP contribution in [0.4, 0.5) is 24.5 Å². The summed E-state index contributed by atoms with van der Waals surface area (Å²) >= 11 is 0. The number of sulfone groups is 1. The largest absolute Gasteiger partial charge is 0.495 e. The molecule has 2 heterocycles. The molecule has 7 nitrogen and oxygen atoms in total. The lowest BCUT2D eigenvalue weighted by Crippen LogP contribution is -2.53. The lowest BCUT2D eigenvalue weighted by molar-refractivity contribution is -0.140. The maximum Gasteiger partial charge on any atom is 0.406 e. The highest BCUT2D eigenvalue weighted by Gasteiger charge is 2.39. The molecule has 2 N–H and O–H groups in total. The first kappa shape index (κ1) is 33.0. The van der Waals surface area contributed by atoms with Gasteiger partial charge in [-0.3, -0.25) is 4.90 Å². The van der Waals surface area contributed by atoms with Gasteiger partial charge in [0.25, 0.3) is 0 Å². The topological polar surface area (TPSA) is 75.6 Å². The molecule has 0 radical (unpaired) electrons. The molecule has 244 valence electrons. The number of rotatable bonds is 9. The van der Waals surface area contributed by atoms with Crippen LogP contribution >= 0.6 is 0 Å². The number of likely N-dealkylation sites (tertiary alicyclic amines) is 1. The van der Waals surface area contributed by atoms with E-state index in [2.05, 4.69) is 34.3 Å². The van der Waals surface area contributed by atoms with Gasteiger partial charge in [0, 0.05) is 35.0 Å². The SMILES string of the molecule is CC[C@]1(N2CCCCC2)CC[C@H](Nc2cccc3c2cc(C#CCNc2ccc(S(C)(=O)=O)cc2OC)n3CC(F)(F)F)CC1. The van der Waals surface area contributed by atoms with Gasteiger partial charge in [-0.25, -0.2) is 8.42 Å². The molecule has 5 rings (SSSR count). The fourth-order valence-corrected chi connectivity index (χ4v) is 7.60. The highest BCUT2D eigenvalue weighted by molar-refractivity contribution is 7.90. The summed E-state index contributed by atoms with van der Waals surface area (Å²) < 4.78 is 71.4. The highest BCUT2D eigenvalue weighted by atomic mass is 32.2.